The zero-order valence-electron chi connectivity index (χ0n) is 13.8. The third-order valence-electron chi connectivity index (χ3n) is 3.43. The van der Waals surface area contributed by atoms with Crippen molar-refractivity contribution >= 4 is 24.9 Å². The first-order valence-electron chi connectivity index (χ1n) is 6.94. The topological polar surface area (TPSA) is 6.48 Å². The molecule has 17 heavy (non-hydrogen) atoms. The molecule has 2 nitrogen and oxygen atoms in total. The van der Waals surface area contributed by atoms with E-state index in [2.05, 4.69) is 74.7 Å². The second-order valence-corrected chi connectivity index (χ2v) is 22.3. The molecule has 104 valence electrons. The molecule has 0 unspecified atom stereocenters. The second-order valence-electron chi connectivity index (χ2n) is 7.34. The van der Waals surface area contributed by atoms with Gasteiger partial charge in [0.25, 0.3) is 0 Å². The van der Waals surface area contributed by atoms with E-state index in [9.17, 15) is 0 Å². The van der Waals surface area contributed by atoms with Crippen LogP contribution in [0.5, 0.6) is 0 Å². The van der Waals surface area contributed by atoms with Gasteiger partial charge in [-0.15, -0.1) is 0 Å². The third kappa shape index (κ3) is 4.31. The molecule has 0 N–H and O–H groups in total. The first-order valence-corrected chi connectivity index (χ1v) is 16.7. The van der Waals surface area contributed by atoms with Crippen LogP contribution in [0.25, 0.3) is 0 Å². The van der Waals surface area contributed by atoms with E-state index in [0.29, 0.717) is 0 Å². The molecule has 0 heterocycles. The molecule has 0 aliphatic rings. The highest BCUT2D eigenvalue weighted by Gasteiger charge is 2.47. The summed E-state index contributed by atoms with van der Waals surface area (Å²) >= 11 is 0. The molecular formula is C12H34N2Si3. The van der Waals surface area contributed by atoms with Gasteiger partial charge < -0.3 is 8.46 Å². The van der Waals surface area contributed by atoms with Gasteiger partial charge in [0, 0.05) is 0 Å². The molecule has 0 aromatic heterocycles. The van der Waals surface area contributed by atoms with Gasteiger partial charge in [0.1, 0.15) is 16.5 Å². The molecule has 0 spiro atoms. The van der Waals surface area contributed by atoms with Crippen molar-refractivity contribution in [3.05, 3.63) is 0 Å². The molecule has 0 rings (SSSR count). The van der Waals surface area contributed by atoms with E-state index in [0.717, 1.165) is 0 Å². The molecule has 0 radical (unpaired) electrons. The summed E-state index contributed by atoms with van der Waals surface area (Å²) in [5.41, 5.74) is 0. The Morgan fingerprint density at radius 3 is 1.12 bits per heavy atom. The molecule has 0 aromatic carbocycles. The van der Waals surface area contributed by atoms with Crippen molar-refractivity contribution in [2.75, 3.05) is 13.1 Å². The zero-order chi connectivity index (χ0) is 14.1. The minimum absolute atomic E-state index is 1.20. The molecule has 5 heteroatoms. The third-order valence-corrected chi connectivity index (χ3v) is 20.7. The highest BCUT2D eigenvalue weighted by Crippen LogP contribution is 2.29. The van der Waals surface area contributed by atoms with Gasteiger partial charge in [-0.3, -0.25) is 0 Å². The van der Waals surface area contributed by atoms with Crippen molar-refractivity contribution in [3.8, 4) is 0 Å². The summed E-state index contributed by atoms with van der Waals surface area (Å²) < 4.78 is 5.78. The van der Waals surface area contributed by atoms with E-state index in [1.54, 1.807) is 0 Å². The molecule has 0 bridgehead atoms. The van der Waals surface area contributed by atoms with Gasteiger partial charge in [-0.25, -0.2) is 0 Å². The van der Waals surface area contributed by atoms with Crippen LogP contribution in [-0.4, -0.2) is 46.4 Å². The first-order chi connectivity index (χ1) is 7.39. The molecule has 0 aliphatic carbocycles. The average molecular weight is 291 g/mol. The highest BCUT2D eigenvalue weighted by atomic mass is 28.5. The van der Waals surface area contributed by atoms with Gasteiger partial charge in [-0.05, 0) is 26.2 Å². The smallest absolute Gasteiger partial charge is 0.187 e. The number of rotatable bonds is 6. The molecular weight excluding hydrogens is 256 g/mol. The zero-order valence-corrected chi connectivity index (χ0v) is 16.8. The van der Waals surface area contributed by atoms with Crippen LogP contribution < -0.4 is 0 Å². The van der Waals surface area contributed by atoms with Crippen LogP contribution in [0.4, 0.5) is 0 Å². The molecule has 0 saturated heterocycles. The minimum Gasteiger partial charge on any atom is -0.356 e. The average Bonchev–Trinajstić information content (AvgIpc) is 1.97. The Morgan fingerprint density at radius 2 is 0.941 bits per heavy atom. The summed E-state index contributed by atoms with van der Waals surface area (Å²) in [6.07, 6.45) is 0. The lowest BCUT2D eigenvalue weighted by Crippen LogP contribution is -2.75. The monoisotopic (exact) mass is 290 g/mol. The predicted molar refractivity (Wildman–Crippen MR) is 88.9 cm³/mol. The molecule has 0 atom stereocenters. The Morgan fingerprint density at radius 1 is 0.647 bits per heavy atom. The van der Waals surface area contributed by atoms with Crippen LogP contribution in [0.1, 0.15) is 13.8 Å². The largest absolute Gasteiger partial charge is 0.356 e. The van der Waals surface area contributed by atoms with Gasteiger partial charge in [0.2, 0.25) is 0 Å². The van der Waals surface area contributed by atoms with E-state index in [1.807, 2.05) is 0 Å². The van der Waals surface area contributed by atoms with E-state index < -0.39 is 24.9 Å². The van der Waals surface area contributed by atoms with Crippen LogP contribution in [0.15, 0.2) is 0 Å². The maximum absolute atomic E-state index is 3.04. The Labute approximate surface area is 113 Å². The van der Waals surface area contributed by atoms with E-state index >= 15 is 0 Å². The lowest BCUT2D eigenvalue weighted by atomic mass is 10.7. The SMILES string of the molecule is CCN(CC)[Si](C)(C)N([Si](C)(C)C)[Si](C)(C)C. The van der Waals surface area contributed by atoms with Crippen LogP contribution in [0, 0.1) is 0 Å². The van der Waals surface area contributed by atoms with Crippen LogP contribution in [0.3, 0.4) is 0 Å². The molecule has 0 fully saturated rings. The molecule has 0 saturated carbocycles. The van der Waals surface area contributed by atoms with Crippen molar-refractivity contribution in [1.29, 1.82) is 0 Å². The fourth-order valence-corrected chi connectivity index (χ4v) is 27.6. The van der Waals surface area contributed by atoms with Gasteiger partial charge in [0.15, 0.2) is 8.40 Å². The van der Waals surface area contributed by atoms with Crippen molar-refractivity contribution in [3.63, 3.8) is 0 Å². The Bertz CT molecular complexity index is 223. The summed E-state index contributed by atoms with van der Waals surface area (Å²) in [6, 6.07) is 0. The summed E-state index contributed by atoms with van der Waals surface area (Å²) in [7, 11) is -3.92. The lowest BCUT2D eigenvalue weighted by Gasteiger charge is -2.56. The quantitative estimate of drug-likeness (QED) is 0.682. The summed E-state index contributed by atoms with van der Waals surface area (Å²) in [4.78, 5) is 0. The molecule has 0 aromatic rings. The molecule has 0 aliphatic heterocycles. The minimum atomic E-state index is -1.44. The van der Waals surface area contributed by atoms with Crippen molar-refractivity contribution < 1.29 is 0 Å². The van der Waals surface area contributed by atoms with E-state index in [1.165, 1.54) is 13.1 Å². The summed E-state index contributed by atoms with van der Waals surface area (Å²) in [5.74, 6) is 0. The van der Waals surface area contributed by atoms with Crippen molar-refractivity contribution in [2.45, 2.75) is 66.2 Å². The highest BCUT2D eigenvalue weighted by molar-refractivity contribution is 7.03. The van der Waals surface area contributed by atoms with Crippen molar-refractivity contribution in [2.24, 2.45) is 0 Å². The van der Waals surface area contributed by atoms with Gasteiger partial charge in [0.05, 0.1) is 0 Å². The maximum atomic E-state index is 3.04. The van der Waals surface area contributed by atoms with Gasteiger partial charge >= 0.3 is 0 Å². The maximum Gasteiger partial charge on any atom is 0.187 e. The Kier molecular flexibility index (Phi) is 5.88. The Balaban J connectivity index is 5.46. The van der Waals surface area contributed by atoms with Gasteiger partial charge in [-0.1, -0.05) is 53.1 Å². The first kappa shape index (κ1) is 17.6. The van der Waals surface area contributed by atoms with Crippen LogP contribution in [0.2, 0.25) is 52.4 Å². The second kappa shape index (κ2) is 5.69. The number of hydrogen-bond donors (Lipinski definition) is 0. The van der Waals surface area contributed by atoms with Crippen molar-refractivity contribution in [1.82, 2.24) is 8.46 Å². The van der Waals surface area contributed by atoms with E-state index in [4.69, 9.17) is 0 Å². The Hall–Kier alpha value is 0.571. The molecule has 0 amide bonds. The van der Waals surface area contributed by atoms with Crippen LogP contribution >= 0.6 is 0 Å². The normalized spacial score (nSPS) is 14.8. The standard InChI is InChI=1S/C12H34N2Si3/c1-11-13(12-2)17(9,10)14(15(3,4)5)16(6,7)8/h11-12H2,1-10H3. The van der Waals surface area contributed by atoms with Crippen LogP contribution in [-0.2, 0) is 0 Å². The van der Waals surface area contributed by atoms with Gasteiger partial charge in [-0.2, -0.15) is 0 Å². The van der Waals surface area contributed by atoms with E-state index in [-0.39, 0.29) is 0 Å². The fraction of sp³-hybridized carbons (Fsp3) is 1.00. The number of nitrogens with zero attached hydrogens (tertiary/aromatic N) is 2. The predicted octanol–water partition coefficient (Wildman–Crippen LogP) is 4.00. The number of hydrogen-bond acceptors (Lipinski definition) is 2. The summed E-state index contributed by atoms with van der Waals surface area (Å²) in [5, 5.41) is 0. The fourth-order valence-electron chi connectivity index (χ4n) is 3.79. The summed E-state index contributed by atoms with van der Waals surface area (Å²) in [6.45, 7) is 27.2. The lowest BCUT2D eigenvalue weighted by molar-refractivity contribution is 0.443.